The minimum Gasteiger partial charge on any atom is -0.298 e. The minimum absolute atomic E-state index is 0.0671. The van der Waals surface area contributed by atoms with Crippen molar-refractivity contribution in [1.82, 2.24) is 4.98 Å². The Morgan fingerprint density at radius 3 is 2.80 bits per heavy atom. The van der Waals surface area contributed by atoms with Crippen LogP contribution < -0.4 is 4.90 Å². The number of halogens is 3. The number of nitrogens with zero attached hydrogens (tertiary/aromatic N) is 2. The fourth-order valence-corrected chi connectivity index (χ4v) is 3.63. The van der Waals surface area contributed by atoms with Crippen LogP contribution in [0.4, 0.5) is 10.1 Å². The molecule has 1 aliphatic heterocycles. The number of thiazole rings is 1. The summed E-state index contributed by atoms with van der Waals surface area (Å²) < 4.78 is 14.1. The van der Waals surface area contributed by atoms with Crippen LogP contribution in [0.5, 0.6) is 0 Å². The molecule has 1 aromatic carbocycles. The van der Waals surface area contributed by atoms with Gasteiger partial charge in [-0.1, -0.05) is 11.6 Å². The number of hydrogen-bond acceptors (Lipinski definition) is 4. The molecule has 1 amide bonds. The van der Waals surface area contributed by atoms with E-state index in [4.69, 9.17) is 11.6 Å². The smallest absolute Gasteiger partial charge is 0.298 e. The van der Waals surface area contributed by atoms with Crippen molar-refractivity contribution in [2.24, 2.45) is 0 Å². The predicted molar refractivity (Wildman–Crippen MR) is 76.7 cm³/mol. The maximum absolute atomic E-state index is 13.3. The minimum atomic E-state index is -0.712. The summed E-state index contributed by atoms with van der Waals surface area (Å²) in [7, 11) is 0. The number of carbonyl (C=O) groups excluding carboxylic acids is 2. The first-order chi connectivity index (χ1) is 9.47. The molecular weight excluding hydrogens is 371 g/mol. The summed E-state index contributed by atoms with van der Waals surface area (Å²) in [6.07, 6.45) is 1.54. The molecule has 4 nitrogen and oxygen atoms in total. The maximum Gasteiger partial charge on any atom is 0.299 e. The number of benzene rings is 1. The van der Waals surface area contributed by atoms with Crippen molar-refractivity contribution in [3.05, 3.63) is 43.5 Å². The number of ketones is 1. The molecular formula is C12H5BrClFN2O2S. The lowest BCUT2D eigenvalue weighted by molar-refractivity contribution is -0.114. The van der Waals surface area contributed by atoms with Gasteiger partial charge in [0.15, 0.2) is 4.47 Å². The Balaban J connectivity index is 2.06. The lowest BCUT2D eigenvalue weighted by Gasteiger charge is -2.16. The topological polar surface area (TPSA) is 50.3 Å². The largest absolute Gasteiger partial charge is 0.299 e. The molecule has 0 unspecified atom stereocenters. The van der Waals surface area contributed by atoms with Gasteiger partial charge in [0.05, 0.1) is 17.8 Å². The molecule has 102 valence electrons. The second-order valence-electron chi connectivity index (χ2n) is 4.08. The van der Waals surface area contributed by atoms with Crippen LogP contribution in [-0.2, 0) is 11.3 Å². The summed E-state index contributed by atoms with van der Waals surface area (Å²) in [5, 5.41) is 0. The first-order valence-electron chi connectivity index (χ1n) is 5.43. The second kappa shape index (κ2) is 4.91. The number of amides is 1. The second-order valence-corrected chi connectivity index (χ2v) is 6.64. The number of hydrogen-bond donors (Lipinski definition) is 0. The Morgan fingerprint density at radius 1 is 1.40 bits per heavy atom. The van der Waals surface area contributed by atoms with Gasteiger partial charge in [-0.2, -0.15) is 0 Å². The van der Waals surface area contributed by atoms with Gasteiger partial charge >= 0.3 is 0 Å². The third-order valence-corrected chi connectivity index (χ3v) is 4.53. The molecule has 3 rings (SSSR count). The fraction of sp³-hybridized carbons (Fsp3) is 0.0833. The summed E-state index contributed by atoms with van der Waals surface area (Å²) >= 11 is 10.2. The zero-order valence-electron chi connectivity index (χ0n) is 9.69. The molecule has 0 aliphatic carbocycles. The molecule has 0 N–H and O–H groups in total. The molecule has 0 atom stereocenters. The maximum atomic E-state index is 13.3. The van der Waals surface area contributed by atoms with Crippen molar-refractivity contribution in [3.8, 4) is 0 Å². The third kappa shape index (κ3) is 2.15. The predicted octanol–water partition coefficient (Wildman–Crippen LogP) is 3.43. The van der Waals surface area contributed by atoms with Gasteiger partial charge in [-0.15, -0.1) is 11.3 Å². The number of rotatable bonds is 2. The molecule has 2 heterocycles. The fourth-order valence-electron chi connectivity index (χ4n) is 2.02. The number of Topliss-reactive ketones (excluding diaryl/α,β-unsaturated/α-hetero) is 1. The average molecular weight is 376 g/mol. The van der Waals surface area contributed by atoms with E-state index in [-0.39, 0.29) is 12.1 Å². The molecule has 8 heteroatoms. The van der Waals surface area contributed by atoms with Crippen LogP contribution in [-0.4, -0.2) is 16.7 Å². The van der Waals surface area contributed by atoms with Crippen LogP contribution in [0.25, 0.3) is 0 Å². The van der Waals surface area contributed by atoms with E-state index < -0.39 is 17.5 Å². The van der Waals surface area contributed by atoms with Crippen LogP contribution in [0.3, 0.4) is 0 Å². The lowest BCUT2D eigenvalue weighted by Crippen LogP contribution is -2.28. The van der Waals surface area contributed by atoms with E-state index in [2.05, 4.69) is 20.9 Å². The van der Waals surface area contributed by atoms with E-state index in [1.165, 1.54) is 22.3 Å². The molecule has 20 heavy (non-hydrogen) atoms. The van der Waals surface area contributed by atoms with E-state index in [1.807, 2.05) is 0 Å². The first kappa shape index (κ1) is 13.7. The Bertz CT molecular complexity index is 749. The molecule has 1 aliphatic rings. The van der Waals surface area contributed by atoms with E-state index in [0.717, 1.165) is 10.9 Å². The highest BCUT2D eigenvalue weighted by atomic mass is 79.9. The molecule has 0 bridgehead atoms. The number of carbonyl (C=O) groups is 2. The summed E-state index contributed by atoms with van der Waals surface area (Å²) in [6, 6.07) is 2.29. The van der Waals surface area contributed by atoms with Gasteiger partial charge < -0.3 is 0 Å². The van der Waals surface area contributed by atoms with Crippen molar-refractivity contribution >= 4 is 56.2 Å². The normalized spacial score (nSPS) is 14.1. The zero-order chi connectivity index (χ0) is 14.4. The van der Waals surface area contributed by atoms with E-state index >= 15 is 0 Å². The quantitative estimate of drug-likeness (QED) is 0.756. The van der Waals surface area contributed by atoms with Gasteiger partial charge in [-0.25, -0.2) is 9.37 Å². The van der Waals surface area contributed by atoms with E-state index in [0.29, 0.717) is 14.6 Å². The zero-order valence-corrected chi connectivity index (χ0v) is 12.9. The van der Waals surface area contributed by atoms with Crippen LogP contribution in [0, 0.1) is 5.82 Å². The van der Waals surface area contributed by atoms with Gasteiger partial charge in [-0.05, 0) is 28.1 Å². The Hall–Kier alpha value is -1.31. The Labute approximate surface area is 130 Å². The van der Waals surface area contributed by atoms with Crippen molar-refractivity contribution in [2.75, 3.05) is 4.90 Å². The van der Waals surface area contributed by atoms with Gasteiger partial charge in [-0.3, -0.25) is 14.5 Å². The summed E-state index contributed by atoms with van der Waals surface area (Å²) in [6.45, 7) is 0.173. The van der Waals surface area contributed by atoms with Gasteiger partial charge in [0, 0.05) is 15.5 Å². The van der Waals surface area contributed by atoms with Crippen LogP contribution >= 0.6 is 38.9 Å². The van der Waals surface area contributed by atoms with Gasteiger partial charge in [0.25, 0.3) is 11.7 Å². The average Bonchev–Trinajstić information content (AvgIpc) is 2.88. The van der Waals surface area contributed by atoms with Crippen molar-refractivity contribution in [1.29, 1.82) is 0 Å². The van der Waals surface area contributed by atoms with Gasteiger partial charge in [0.2, 0.25) is 0 Å². The van der Waals surface area contributed by atoms with Crippen molar-refractivity contribution < 1.29 is 14.0 Å². The third-order valence-electron chi connectivity index (χ3n) is 2.82. The molecule has 0 saturated heterocycles. The standard InChI is InChI=1S/C12H5BrClFN2O2S/c13-8-2-5(15)1-7-9(8)17(11(19)10(7)18)4-6-3-16-12(14)20-6/h1-3H,4H2. The van der Waals surface area contributed by atoms with Gasteiger partial charge in [0.1, 0.15) is 5.82 Å². The first-order valence-corrected chi connectivity index (χ1v) is 7.41. The highest BCUT2D eigenvalue weighted by Crippen LogP contribution is 2.38. The molecule has 0 fully saturated rings. The van der Waals surface area contributed by atoms with E-state index in [1.54, 1.807) is 6.20 Å². The molecule has 0 saturated carbocycles. The summed E-state index contributed by atoms with van der Waals surface area (Å²) in [4.78, 5) is 29.8. The monoisotopic (exact) mass is 374 g/mol. The number of fused-ring (bicyclic) bond motifs is 1. The highest BCUT2D eigenvalue weighted by molar-refractivity contribution is 9.10. The van der Waals surface area contributed by atoms with Crippen LogP contribution in [0.2, 0.25) is 4.47 Å². The molecule has 0 spiro atoms. The Morgan fingerprint density at radius 2 is 2.15 bits per heavy atom. The SMILES string of the molecule is O=C1C(=O)N(Cc2cnc(Cl)s2)c2c(Br)cc(F)cc21. The van der Waals surface area contributed by atoms with Crippen LogP contribution in [0.1, 0.15) is 15.2 Å². The molecule has 2 aromatic rings. The van der Waals surface area contributed by atoms with Crippen molar-refractivity contribution in [2.45, 2.75) is 6.54 Å². The summed E-state index contributed by atoms with van der Waals surface area (Å²) in [5.41, 5.74) is 0.448. The van der Waals surface area contributed by atoms with Crippen LogP contribution in [0.15, 0.2) is 22.8 Å². The Kier molecular flexibility index (Phi) is 3.35. The van der Waals surface area contributed by atoms with Crippen molar-refractivity contribution in [3.63, 3.8) is 0 Å². The number of anilines is 1. The molecule has 1 aromatic heterocycles. The summed E-state index contributed by atoms with van der Waals surface area (Å²) in [5.74, 6) is -1.97. The molecule has 0 radical (unpaired) electrons. The van der Waals surface area contributed by atoms with E-state index in [9.17, 15) is 14.0 Å². The number of aromatic nitrogens is 1. The highest BCUT2D eigenvalue weighted by Gasteiger charge is 2.38. The lowest BCUT2D eigenvalue weighted by atomic mass is 10.1.